The molecule has 0 atom stereocenters. The standard InChI is InChI=1S/C27H30N6O3/c1-26(25(34)35)9-12-32(13-10-26)23-14-27(36-30-23)18-31(19-27)16-21-17-33(22-7-3-2-4-8-22)29-24(21)20-6-5-11-28-15-20/h2-8,11,15,17H,9-10,12-14,16,18-19H2,1H3,(H,34,35). The summed E-state index contributed by atoms with van der Waals surface area (Å²) in [5.41, 5.74) is 3.17. The first-order valence-electron chi connectivity index (χ1n) is 12.4. The lowest BCUT2D eigenvalue weighted by molar-refractivity contribution is -0.150. The quantitative estimate of drug-likeness (QED) is 0.590. The molecule has 6 rings (SSSR count). The van der Waals surface area contributed by atoms with Crippen LogP contribution in [0.5, 0.6) is 0 Å². The van der Waals surface area contributed by atoms with Crippen LogP contribution in [-0.2, 0) is 16.2 Å². The summed E-state index contributed by atoms with van der Waals surface area (Å²) < 4.78 is 1.93. The molecule has 0 radical (unpaired) electrons. The van der Waals surface area contributed by atoms with Gasteiger partial charge in [0, 0.05) is 62.4 Å². The van der Waals surface area contributed by atoms with E-state index in [0.29, 0.717) is 25.9 Å². The molecule has 3 aromatic rings. The third-order valence-corrected chi connectivity index (χ3v) is 7.74. The van der Waals surface area contributed by atoms with Crippen LogP contribution >= 0.6 is 0 Å². The average Bonchev–Trinajstić information content (AvgIpc) is 3.51. The first kappa shape index (κ1) is 22.7. The largest absolute Gasteiger partial charge is 0.481 e. The highest BCUT2D eigenvalue weighted by Crippen LogP contribution is 2.38. The molecule has 1 aromatic carbocycles. The number of para-hydroxylation sites is 1. The van der Waals surface area contributed by atoms with Crippen LogP contribution in [0.1, 0.15) is 31.7 Å². The van der Waals surface area contributed by atoms with Crippen molar-refractivity contribution in [2.45, 2.75) is 38.3 Å². The van der Waals surface area contributed by atoms with Gasteiger partial charge in [-0.3, -0.25) is 14.7 Å². The van der Waals surface area contributed by atoms with Gasteiger partial charge in [-0.1, -0.05) is 23.4 Å². The number of pyridine rings is 1. The summed E-state index contributed by atoms with van der Waals surface area (Å²) in [5, 5.41) is 18.8. The maximum atomic E-state index is 11.6. The third-order valence-electron chi connectivity index (χ3n) is 7.74. The molecule has 9 heteroatoms. The first-order valence-corrected chi connectivity index (χ1v) is 12.4. The molecular formula is C27H30N6O3. The van der Waals surface area contributed by atoms with Crippen molar-refractivity contribution in [2.75, 3.05) is 26.2 Å². The highest BCUT2D eigenvalue weighted by Gasteiger charge is 2.51. The first-order chi connectivity index (χ1) is 17.4. The normalized spacial score (nSPS) is 20.6. The topological polar surface area (TPSA) is 96.1 Å². The highest BCUT2D eigenvalue weighted by atomic mass is 16.7. The van der Waals surface area contributed by atoms with Crippen molar-refractivity contribution >= 4 is 11.8 Å². The summed E-state index contributed by atoms with van der Waals surface area (Å²) in [6.07, 6.45) is 7.76. The number of aliphatic carboxylic acids is 1. The second kappa shape index (κ2) is 8.74. The number of piperidine rings is 1. The molecule has 2 saturated heterocycles. The number of rotatable bonds is 5. The summed E-state index contributed by atoms with van der Waals surface area (Å²) in [4.78, 5) is 26.4. The Bertz CT molecular complexity index is 1280. The van der Waals surface area contributed by atoms with Crippen molar-refractivity contribution in [3.63, 3.8) is 0 Å². The zero-order valence-corrected chi connectivity index (χ0v) is 20.4. The van der Waals surface area contributed by atoms with E-state index in [2.05, 4.69) is 26.1 Å². The fourth-order valence-electron chi connectivity index (χ4n) is 5.42. The minimum atomic E-state index is -0.709. The number of oxime groups is 1. The van der Waals surface area contributed by atoms with E-state index in [1.54, 1.807) is 6.20 Å². The van der Waals surface area contributed by atoms with Crippen molar-refractivity contribution < 1.29 is 14.7 Å². The number of carboxylic acids is 1. The van der Waals surface area contributed by atoms with Gasteiger partial charge in [-0.25, -0.2) is 4.68 Å². The van der Waals surface area contributed by atoms with Gasteiger partial charge in [-0.05, 0) is 44.0 Å². The maximum Gasteiger partial charge on any atom is 0.309 e. The minimum Gasteiger partial charge on any atom is -0.481 e. The number of hydrogen-bond acceptors (Lipinski definition) is 7. The van der Waals surface area contributed by atoms with E-state index in [0.717, 1.165) is 54.4 Å². The molecule has 3 aliphatic rings. The minimum absolute atomic E-state index is 0.285. The number of benzene rings is 1. The molecule has 0 unspecified atom stereocenters. The van der Waals surface area contributed by atoms with E-state index in [9.17, 15) is 9.90 Å². The Morgan fingerprint density at radius 2 is 1.89 bits per heavy atom. The Kier molecular flexibility index (Phi) is 5.52. The zero-order chi connectivity index (χ0) is 24.8. The van der Waals surface area contributed by atoms with E-state index in [-0.39, 0.29) is 5.60 Å². The molecule has 1 N–H and O–H groups in total. The second-order valence-corrected chi connectivity index (χ2v) is 10.5. The molecule has 0 amide bonds. The molecular weight excluding hydrogens is 456 g/mol. The molecule has 5 heterocycles. The summed E-state index contributed by atoms with van der Waals surface area (Å²) in [7, 11) is 0. The predicted molar refractivity (Wildman–Crippen MR) is 134 cm³/mol. The summed E-state index contributed by atoms with van der Waals surface area (Å²) in [6, 6.07) is 14.1. The van der Waals surface area contributed by atoms with Crippen molar-refractivity contribution in [1.82, 2.24) is 24.6 Å². The summed E-state index contributed by atoms with van der Waals surface area (Å²) >= 11 is 0. The van der Waals surface area contributed by atoms with Gasteiger partial charge in [0.2, 0.25) is 0 Å². The van der Waals surface area contributed by atoms with Crippen LogP contribution in [-0.4, -0.2) is 73.3 Å². The number of hydrogen-bond donors (Lipinski definition) is 1. The molecule has 186 valence electrons. The molecule has 0 saturated carbocycles. The molecule has 0 aliphatic carbocycles. The van der Waals surface area contributed by atoms with Crippen LogP contribution in [0.25, 0.3) is 16.9 Å². The van der Waals surface area contributed by atoms with Gasteiger partial charge in [0.05, 0.1) is 23.2 Å². The summed E-state index contributed by atoms with van der Waals surface area (Å²) in [5.74, 6) is 0.245. The van der Waals surface area contributed by atoms with Gasteiger partial charge in [-0.2, -0.15) is 5.10 Å². The third kappa shape index (κ3) is 4.13. The molecule has 3 aliphatic heterocycles. The lowest BCUT2D eigenvalue weighted by Crippen LogP contribution is -2.61. The van der Waals surface area contributed by atoms with Gasteiger partial charge in [0.1, 0.15) is 5.84 Å². The van der Waals surface area contributed by atoms with E-state index < -0.39 is 11.4 Å². The molecule has 9 nitrogen and oxygen atoms in total. The van der Waals surface area contributed by atoms with Crippen LogP contribution in [0.4, 0.5) is 0 Å². The Balaban J connectivity index is 1.12. The Labute approximate surface area is 210 Å². The van der Waals surface area contributed by atoms with Crippen molar-refractivity contribution in [1.29, 1.82) is 0 Å². The Hall–Kier alpha value is -3.72. The fourth-order valence-corrected chi connectivity index (χ4v) is 5.42. The van der Waals surface area contributed by atoms with E-state index in [1.165, 1.54) is 0 Å². The van der Waals surface area contributed by atoms with E-state index in [4.69, 9.17) is 9.94 Å². The van der Waals surface area contributed by atoms with Crippen LogP contribution in [0.15, 0.2) is 66.2 Å². The van der Waals surface area contributed by atoms with E-state index in [1.807, 2.05) is 60.3 Å². The van der Waals surface area contributed by atoms with Crippen molar-refractivity contribution in [2.24, 2.45) is 10.6 Å². The summed E-state index contributed by atoms with van der Waals surface area (Å²) in [6.45, 7) is 5.60. The lowest BCUT2D eigenvalue weighted by Gasteiger charge is -2.45. The average molecular weight is 487 g/mol. The van der Waals surface area contributed by atoms with Crippen LogP contribution < -0.4 is 0 Å². The van der Waals surface area contributed by atoms with Gasteiger partial charge in [0.15, 0.2) is 5.60 Å². The van der Waals surface area contributed by atoms with Crippen molar-refractivity contribution in [3.8, 4) is 16.9 Å². The molecule has 36 heavy (non-hydrogen) atoms. The number of aromatic nitrogens is 3. The van der Waals surface area contributed by atoms with Crippen LogP contribution in [0, 0.1) is 5.41 Å². The number of likely N-dealkylation sites (tertiary alicyclic amines) is 2. The Morgan fingerprint density at radius 1 is 1.11 bits per heavy atom. The van der Waals surface area contributed by atoms with Crippen LogP contribution in [0.2, 0.25) is 0 Å². The van der Waals surface area contributed by atoms with Gasteiger partial charge in [0.25, 0.3) is 0 Å². The number of nitrogens with zero attached hydrogens (tertiary/aromatic N) is 6. The van der Waals surface area contributed by atoms with Gasteiger partial charge in [-0.15, -0.1) is 0 Å². The maximum absolute atomic E-state index is 11.6. The SMILES string of the molecule is CC1(C(=O)O)CCN(C2=NOC3(C2)CN(Cc2cn(-c4ccccc4)nc2-c2cccnc2)C3)CC1. The fraction of sp³-hybridized carbons (Fsp3) is 0.407. The zero-order valence-electron chi connectivity index (χ0n) is 20.4. The van der Waals surface area contributed by atoms with Gasteiger partial charge >= 0.3 is 5.97 Å². The van der Waals surface area contributed by atoms with Crippen LogP contribution in [0.3, 0.4) is 0 Å². The molecule has 2 aromatic heterocycles. The lowest BCUT2D eigenvalue weighted by atomic mass is 9.80. The highest BCUT2D eigenvalue weighted by molar-refractivity contribution is 5.85. The van der Waals surface area contributed by atoms with Gasteiger partial charge < -0.3 is 14.8 Å². The predicted octanol–water partition coefficient (Wildman–Crippen LogP) is 3.41. The smallest absolute Gasteiger partial charge is 0.309 e. The molecule has 0 bridgehead atoms. The molecule has 1 spiro atoms. The molecule has 2 fully saturated rings. The number of carboxylic acid groups (broad SMARTS) is 1. The second-order valence-electron chi connectivity index (χ2n) is 10.5. The van der Waals surface area contributed by atoms with E-state index >= 15 is 0 Å². The van der Waals surface area contributed by atoms with Crippen molar-refractivity contribution in [3.05, 3.63) is 66.6 Å². The number of amidine groups is 1. The monoisotopic (exact) mass is 486 g/mol. The Morgan fingerprint density at radius 3 is 2.58 bits per heavy atom. The number of carbonyl (C=O) groups is 1.